The van der Waals surface area contributed by atoms with Crippen LogP contribution in [-0.4, -0.2) is 9.13 Å². The molecular formula is C69H49N3. The first kappa shape index (κ1) is 41.8. The van der Waals surface area contributed by atoms with Crippen LogP contribution in [0.1, 0.15) is 25.0 Å². The molecule has 0 spiro atoms. The Kier molecular flexibility index (Phi) is 9.56. The second kappa shape index (κ2) is 16.5. The fourth-order valence-electron chi connectivity index (χ4n) is 11.9. The second-order valence-corrected chi connectivity index (χ2v) is 19.7. The largest absolute Gasteiger partial charge is 0.311 e. The molecule has 0 radical (unpaired) electrons. The minimum Gasteiger partial charge on any atom is -0.311 e. The first-order chi connectivity index (χ1) is 35.5. The fraction of sp³-hybridized carbons (Fsp3) is 0.0435. The second-order valence-electron chi connectivity index (χ2n) is 19.7. The van der Waals surface area contributed by atoms with Crippen LogP contribution in [0.4, 0.5) is 17.1 Å². The molecule has 0 fully saturated rings. The van der Waals surface area contributed by atoms with E-state index in [1.165, 1.54) is 88.2 Å². The van der Waals surface area contributed by atoms with Crippen molar-refractivity contribution in [2.24, 2.45) is 0 Å². The van der Waals surface area contributed by atoms with E-state index in [9.17, 15) is 0 Å². The van der Waals surface area contributed by atoms with Gasteiger partial charge in [0.05, 0.1) is 22.1 Å². The molecule has 3 heteroatoms. The van der Waals surface area contributed by atoms with Crippen molar-refractivity contribution in [2.45, 2.75) is 19.3 Å². The van der Waals surface area contributed by atoms with Crippen LogP contribution in [0.2, 0.25) is 0 Å². The first-order valence-corrected chi connectivity index (χ1v) is 25.0. The van der Waals surface area contributed by atoms with E-state index in [-0.39, 0.29) is 5.41 Å². The number of hydrogen-bond acceptors (Lipinski definition) is 1. The Balaban J connectivity index is 0.974. The lowest BCUT2D eigenvalue weighted by molar-refractivity contribution is 0.660. The van der Waals surface area contributed by atoms with Gasteiger partial charge in [-0.15, -0.1) is 0 Å². The molecule has 72 heavy (non-hydrogen) atoms. The van der Waals surface area contributed by atoms with Crippen molar-refractivity contribution in [3.63, 3.8) is 0 Å². The number of aromatic nitrogens is 2. The summed E-state index contributed by atoms with van der Waals surface area (Å²) in [5.74, 6) is 0. The first-order valence-electron chi connectivity index (χ1n) is 25.0. The van der Waals surface area contributed by atoms with E-state index in [1.54, 1.807) is 0 Å². The lowest BCUT2D eigenvalue weighted by atomic mass is 9.82. The summed E-state index contributed by atoms with van der Waals surface area (Å²) in [6.07, 6.45) is 0. The molecule has 0 unspecified atom stereocenters. The van der Waals surface area contributed by atoms with Crippen LogP contribution >= 0.6 is 0 Å². The molecule has 3 nitrogen and oxygen atoms in total. The topological polar surface area (TPSA) is 13.1 Å². The lowest BCUT2D eigenvalue weighted by Gasteiger charge is -2.25. The monoisotopic (exact) mass is 919 g/mol. The van der Waals surface area contributed by atoms with Gasteiger partial charge in [-0.1, -0.05) is 172 Å². The van der Waals surface area contributed by atoms with Gasteiger partial charge in [-0.25, -0.2) is 0 Å². The van der Waals surface area contributed by atoms with E-state index in [4.69, 9.17) is 0 Å². The highest BCUT2D eigenvalue weighted by atomic mass is 15.1. The molecule has 340 valence electrons. The fourth-order valence-corrected chi connectivity index (χ4v) is 11.9. The van der Waals surface area contributed by atoms with Crippen LogP contribution in [-0.2, 0) is 5.41 Å². The van der Waals surface area contributed by atoms with Gasteiger partial charge in [0.25, 0.3) is 0 Å². The summed E-state index contributed by atoms with van der Waals surface area (Å²) in [6.45, 7) is 4.73. The Morgan fingerprint density at radius 3 is 1.54 bits per heavy atom. The standard InChI is InChI=1S/C69H49N3/c1-69(2)62-29-15-12-25-57(62)58-40-38-55(45-63(58)69)72-64-30-16-13-26-59(64)60-39-35-47(44-67(60)72)49-41-48(46-33-36-54(37-34-46)70(51-19-6-3-7-20-51)52-21-8-4-9-22-52)42-50(43-49)56-28-18-32-66-68(56)61-27-14-17-31-65(61)71(66)53-23-10-5-11-24-53/h3-45H,1-2H3. The zero-order chi connectivity index (χ0) is 47.9. The summed E-state index contributed by atoms with van der Waals surface area (Å²) in [5, 5.41) is 4.97. The van der Waals surface area contributed by atoms with Crippen molar-refractivity contribution in [1.82, 2.24) is 9.13 Å². The minimum atomic E-state index is -0.113. The predicted molar refractivity (Wildman–Crippen MR) is 304 cm³/mol. The number of para-hydroxylation sites is 5. The maximum absolute atomic E-state index is 2.49. The molecule has 0 aliphatic heterocycles. The summed E-state index contributed by atoms with van der Waals surface area (Å²) in [6, 6.07) is 95.9. The third-order valence-electron chi connectivity index (χ3n) is 15.3. The number of fused-ring (bicyclic) bond motifs is 9. The Bertz CT molecular complexity index is 4180. The van der Waals surface area contributed by atoms with Crippen molar-refractivity contribution in [1.29, 1.82) is 0 Å². The van der Waals surface area contributed by atoms with Crippen molar-refractivity contribution < 1.29 is 0 Å². The van der Waals surface area contributed by atoms with Gasteiger partial charge in [-0.05, 0) is 159 Å². The van der Waals surface area contributed by atoms with Crippen LogP contribution in [0.15, 0.2) is 261 Å². The Morgan fingerprint density at radius 2 is 0.806 bits per heavy atom. The zero-order valence-corrected chi connectivity index (χ0v) is 40.2. The van der Waals surface area contributed by atoms with Crippen LogP contribution in [0.5, 0.6) is 0 Å². The molecular weight excluding hydrogens is 871 g/mol. The molecule has 0 N–H and O–H groups in total. The molecule has 14 rings (SSSR count). The molecule has 2 aromatic heterocycles. The highest BCUT2D eigenvalue weighted by Crippen LogP contribution is 2.50. The van der Waals surface area contributed by atoms with Gasteiger partial charge in [0.1, 0.15) is 0 Å². The highest BCUT2D eigenvalue weighted by molar-refractivity contribution is 6.16. The molecule has 1 aliphatic rings. The average Bonchev–Trinajstić information content (AvgIpc) is 4.04. The molecule has 0 saturated carbocycles. The maximum atomic E-state index is 2.49. The molecule has 13 aromatic rings. The van der Waals surface area contributed by atoms with Crippen LogP contribution in [0, 0.1) is 0 Å². The van der Waals surface area contributed by atoms with E-state index in [0.29, 0.717) is 0 Å². The summed E-state index contributed by atoms with van der Waals surface area (Å²) in [7, 11) is 0. The van der Waals surface area contributed by atoms with Crippen LogP contribution in [0.25, 0.3) is 99.5 Å². The number of hydrogen-bond donors (Lipinski definition) is 0. The molecule has 2 heterocycles. The lowest BCUT2D eigenvalue weighted by Crippen LogP contribution is -2.15. The van der Waals surface area contributed by atoms with E-state index in [2.05, 4.69) is 289 Å². The van der Waals surface area contributed by atoms with Crippen LogP contribution < -0.4 is 4.90 Å². The normalized spacial score (nSPS) is 12.7. The Morgan fingerprint density at radius 1 is 0.292 bits per heavy atom. The molecule has 1 aliphatic carbocycles. The Hall–Kier alpha value is -9.18. The van der Waals surface area contributed by atoms with E-state index >= 15 is 0 Å². The van der Waals surface area contributed by atoms with Crippen molar-refractivity contribution in [3.8, 4) is 55.9 Å². The van der Waals surface area contributed by atoms with E-state index < -0.39 is 0 Å². The summed E-state index contributed by atoms with van der Waals surface area (Å²) < 4.78 is 4.90. The SMILES string of the molecule is CC1(C)c2ccccc2-c2ccc(-n3c4ccccc4c4ccc(-c5cc(-c6ccc(N(c7ccccc7)c7ccccc7)cc6)cc(-c6cccc7c6c6ccccc6n7-c6ccccc6)c5)cc43)cc21. The van der Waals surface area contributed by atoms with Gasteiger partial charge in [0.15, 0.2) is 0 Å². The summed E-state index contributed by atoms with van der Waals surface area (Å²) in [5.41, 5.74) is 22.7. The van der Waals surface area contributed by atoms with Gasteiger partial charge < -0.3 is 14.0 Å². The summed E-state index contributed by atoms with van der Waals surface area (Å²) >= 11 is 0. The third kappa shape index (κ3) is 6.58. The molecule has 0 atom stereocenters. The van der Waals surface area contributed by atoms with Gasteiger partial charge in [0.2, 0.25) is 0 Å². The van der Waals surface area contributed by atoms with Crippen molar-refractivity contribution in [3.05, 3.63) is 272 Å². The predicted octanol–water partition coefficient (Wildman–Crippen LogP) is 18.7. The average molecular weight is 920 g/mol. The Labute approximate surface area is 419 Å². The van der Waals surface area contributed by atoms with Gasteiger partial charge in [0, 0.05) is 55.4 Å². The maximum Gasteiger partial charge on any atom is 0.0547 e. The third-order valence-corrected chi connectivity index (χ3v) is 15.3. The van der Waals surface area contributed by atoms with E-state index in [1.807, 2.05) is 0 Å². The van der Waals surface area contributed by atoms with Gasteiger partial charge in [-0.2, -0.15) is 0 Å². The number of rotatable bonds is 8. The van der Waals surface area contributed by atoms with Gasteiger partial charge >= 0.3 is 0 Å². The number of anilines is 3. The molecule has 0 amide bonds. The minimum absolute atomic E-state index is 0.113. The molecule has 0 bridgehead atoms. The van der Waals surface area contributed by atoms with Gasteiger partial charge in [-0.3, -0.25) is 0 Å². The number of nitrogens with zero attached hydrogens (tertiary/aromatic N) is 3. The summed E-state index contributed by atoms with van der Waals surface area (Å²) in [4.78, 5) is 2.32. The van der Waals surface area contributed by atoms with Crippen LogP contribution in [0.3, 0.4) is 0 Å². The molecule has 0 saturated heterocycles. The zero-order valence-electron chi connectivity index (χ0n) is 40.2. The smallest absolute Gasteiger partial charge is 0.0547 e. The highest BCUT2D eigenvalue weighted by Gasteiger charge is 2.35. The quantitative estimate of drug-likeness (QED) is 0.148. The van der Waals surface area contributed by atoms with Crippen molar-refractivity contribution >= 4 is 60.7 Å². The molecule has 11 aromatic carbocycles. The number of benzene rings is 11. The van der Waals surface area contributed by atoms with E-state index in [0.717, 1.165) is 39.4 Å². The van der Waals surface area contributed by atoms with Crippen molar-refractivity contribution in [2.75, 3.05) is 4.90 Å².